The molecule has 0 spiro atoms. The van der Waals surface area contributed by atoms with Gasteiger partial charge in [-0.15, -0.1) is 17.0 Å². The number of halogens is 2. The summed E-state index contributed by atoms with van der Waals surface area (Å²) in [6, 6.07) is 0. The highest BCUT2D eigenvalue weighted by molar-refractivity contribution is 9.10. The van der Waals surface area contributed by atoms with Crippen molar-refractivity contribution in [1.29, 1.82) is 0 Å². The van der Waals surface area contributed by atoms with Gasteiger partial charge in [0.2, 0.25) is 0 Å². The SMILES string of the molecule is Br.Brc1cncnc1. The molecule has 0 aromatic carbocycles. The number of aromatic nitrogens is 2. The van der Waals surface area contributed by atoms with Crippen molar-refractivity contribution in [1.82, 2.24) is 9.97 Å². The fraction of sp³-hybridized carbons (Fsp3) is 0. The van der Waals surface area contributed by atoms with Gasteiger partial charge in [-0.3, -0.25) is 0 Å². The van der Waals surface area contributed by atoms with Gasteiger partial charge in [-0.25, -0.2) is 9.97 Å². The van der Waals surface area contributed by atoms with Crippen LogP contribution in [-0.2, 0) is 0 Å². The van der Waals surface area contributed by atoms with Crippen molar-refractivity contribution in [2.45, 2.75) is 0 Å². The van der Waals surface area contributed by atoms with Crippen LogP contribution in [0.1, 0.15) is 0 Å². The van der Waals surface area contributed by atoms with Gasteiger partial charge >= 0.3 is 0 Å². The fourth-order valence-corrected chi connectivity index (χ4v) is 0.517. The Morgan fingerprint density at radius 1 is 1.25 bits per heavy atom. The summed E-state index contributed by atoms with van der Waals surface area (Å²) < 4.78 is 0.912. The third-order valence-electron chi connectivity index (χ3n) is 0.529. The van der Waals surface area contributed by atoms with E-state index in [0.29, 0.717) is 0 Å². The monoisotopic (exact) mass is 238 g/mol. The van der Waals surface area contributed by atoms with Gasteiger partial charge in [0.25, 0.3) is 0 Å². The summed E-state index contributed by atoms with van der Waals surface area (Å²) >= 11 is 3.19. The van der Waals surface area contributed by atoms with E-state index in [9.17, 15) is 0 Å². The molecular weight excluding hydrogens is 236 g/mol. The van der Waals surface area contributed by atoms with Gasteiger partial charge in [-0.1, -0.05) is 0 Å². The molecular formula is C4H4Br2N2. The maximum absolute atomic E-state index is 3.73. The first-order valence-corrected chi connectivity index (χ1v) is 2.59. The molecule has 0 radical (unpaired) electrons. The van der Waals surface area contributed by atoms with Gasteiger partial charge in [-0.2, -0.15) is 0 Å². The predicted molar refractivity (Wildman–Crippen MR) is 40.1 cm³/mol. The second kappa shape index (κ2) is 3.97. The molecule has 0 saturated heterocycles. The van der Waals surface area contributed by atoms with E-state index in [1.54, 1.807) is 12.4 Å². The minimum Gasteiger partial charge on any atom is -0.244 e. The summed E-state index contributed by atoms with van der Waals surface area (Å²) in [6.07, 6.45) is 4.87. The van der Waals surface area contributed by atoms with Crippen molar-refractivity contribution >= 4 is 32.9 Å². The molecule has 1 aromatic rings. The van der Waals surface area contributed by atoms with Gasteiger partial charge in [0, 0.05) is 12.4 Å². The molecule has 0 aliphatic heterocycles. The van der Waals surface area contributed by atoms with Crippen LogP contribution in [0.25, 0.3) is 0 Å². The van der Waals surface area contributed by atoms with Crippen LogP contribution in [-0.4, -0.2) is 9.97 Å². The van der Waals surface area contributed by atoms with E-state index in [1.165, 1.54) is 6.33 Å². The summed E-state index contributed by atoms with van der Waals surface area (Å²) in [5, 5.41) is 0. The lowest BCUT2D eigenvalue weighted by molar-refractivity contribution is 1.15. The van der Waals surface area contributed by atoms with E-state index in [0.717, 1.165) is 4.47 Å². The lowest BCUT2D eigenvalue weighted by atomic mass is 10.7. The molecule has 0 unspecified atom stereocenters. The Morgan fingerprint density at radius 3 is 2.00 bits per heavy atom. The zero-order valence-electron chi connectivity index (χ0n) is 3.91. The maximum Gasteiger partial charge on any atom is 0.115 e. The molecule has 1 aromatic heterocycles. The Bertz CT molecular complexity index is 142. The highest BCUT2D eigenvalue weighted by Gasteiger charge is 1.76. The molecule has 0 atom stereocenters. The molecule has 4 heteroatoms. The zero-order chi connectivity index (χ0) is 5.11. The first-order chi connectivity index (χ1) is 3.39. The minimum atomic E-state index is 0. The molecule has 0 amide bonds. The summed E-state index contributed by atoms with van der Waals surface area (Å²) in [5.74, 6) is 0. The Morgan fingerprint density at radius 2 is 1.75 bits per heavy atom. The van der Waals surface area contributed by atoms with Gasteiger partial charge in [0.1, 0.15) is 6.33 Å². The normalized spacial score (nSPS) is 7.62. The first kappa shape index (κ1) is 8.04. The smallest absolute Gasteiger partial charge is 0.115 e. The number of nitrogens with zero attached hydrogens (tertiary/aromatic N) is 2. The van der Waals surface area contributed by atoms with E-state index >= 15 is 0 Å². The second-order valence-corrected chi connectivity index (χ2v) is 1.97. The molecule has 0 bridgehead atoms. The molecule has 2 nitrogen and oxygen atoms in total. The summed E-state index contributed by atoms with van der Waals surface area (Å²) in [4.78, 5) is 7.45. The van der Waals surface area contributed by atoms with E-state index in [-0.39, 0.29) is 17.0 Å². The van der Waals surface area contributed by atoms with Crippen LogP contribution < -0.4 is 0 Å². The molecule has 8 heavy (non-hydrogen) atoms. The second-order valence-electron chi connectivity index (χ2n) is 1.06. The molecule has 0 aliphatic rings. The van der Waals surface area contributed by atoms with Crippen molar-refractivity contribution in [3.8, 4) is 0 Å². The van der Waals surface area contributed by atoms with Crippen LogP contribution in [0.5, 0.6) is 0 Å². The summed E-state index contributed by atoms with van der Waals surface area (Å²) in [5.41, 5.74) is 0. The first-order valence-electron chi connectivity index (χ1n) is 1.80. The minimum absolute atomic E-state index is 0. The highest BCUT2D eigenvalue weighted by Crippen LogP contribution is 2.00. The molecule has 0 aliphatic carbocycles. The topological polar surface area (TPSA) is 25.8 Å². The molecule has 1 rings (SSSR count). The number of hydrogen-bond acceptors (Lipinski definition) is 2. The van der Waals surface area contributed by atoms with Gasteiger partial charge in [0.05, 0.1) is 4.47 Å². The number of hydrogen-bond donors (Lipinski definition) is 0. The van der Waals surface area contributed by atoms with E-state index in [4.69, 9.17) is 0 Å². The van der Waals surface area contributed by atoms with E-state index in [2.05, 4.69) is 25.9 Å². The average molecular weight is 240 g/mol. The van der Waals surface area contributed by atoms with Gasteiger partial charge in [-0.05, 0) is 15.9 Å². The Balaban J connectivity index is 0.000000490. The molecule has 44 valence electrons. The third-order valence-corrected chi connectivity index (χ3v) is 0.939. The molecule has 0 fully saturated rings. The summed E-state index contributed by atoms with van der Waals surface area (Å²) in [6.45, 7) is 0. The third kappa shape index (κ3) is 2.37. The van der Waals surface area contributed by atoms with Crippen molar-refractivity contribution < 1.29 is 0 Å². The van der Waals surface area contributed by atoms with Gasteiger partial charge < -0.3 is 0 Å². The molecule has 1 heterocycles. The van der Waals surface area contributed by atoms with Crippen molar-refractivity contribution in [3.63, 3.8) is 0 Å². The standard InChI is InChI=1S/C4H3BrN2.BrH/c5-4-1-6-3-7-2-4;/h1-3H;1H. The average Bonchev–Trinajstić information content (AvgIpc) is 1.69. The lowest BCUT2D eigenvalue weighted by Gasteiger charge is -1.79. The van der Waals surface area contributed by atoms with Crippen LogP contribution in [0.2, 0.25) is 0 Å². The van der Waals surface area contributed by atoms with Crippen LogP contribution in [0.3, 0.4) is 0 Å². The van der Waals surface area contributed by atoms with Crippen LogP contribution in [0.4, 0.5) is 0 Å². The van der Waals surface area contributed by atoms with E-state index < -0.39 is 0 Å². The summed E-state index contributed by atoms with van der Waals surface area (Å²) in [7, 11) is 0. The van der Waals surface area contributed by atoms with Crippen LogP contribution in [0, 0.1) is 0 Å². The molecule has 0 saturated carbocycles. The van der Waals surface area contributed by atoms with E-state index in [1.807, 2.05) is 0 Å². The Kier molecular flexibility index (Phi) is 3.99. The van der Waals surface area contributed by atoms with Crippen LogP contribution >= 0.6 is 32.9 Å². The highest BCUT2D eigenvalue weighted by atomic mass is 79.9. The fourth-order valence-electron chi connectivity index (χ4n) is 0.281. The quantitative estimate of drug-likeness (QED) is 0.691. The Hall–Kier alpha value is 0.0400. The number of rotatable bonds is 0. The molecule has 0 N–H and O–H groups in total. The lowest BCUT2D eigenvalue weighted by Crippen LogP contribution is -1.71. The van der Waals surface area contributed by atoms with Crippen molar-refractivity contribution in [3.05, 3.63) is 23.2 Å². The predicted octanol–water partition coefficient (Wildman–Crippen LogP) is 1.82. The Labute approximate surface area is 66.3 Å². The van der Waals surface area contributed by atoms with Crippen LogP contribution in [0.15, 0.2) is 23.2 Å². The van der Waals surface area contributed by atoms with Crippen molar-refractivity contribution in [2.24, 2.45) is 0 Å². The zero-order valence-corrected chi connectivity index (χ0v) is 7.21. The van der Waals surface area contributed by atoms with Crippen molar-refractivity contribution in [2.75, 3.05) is 0 Å². The van der Waals surface area contributed by atoms with Gasteiger partial charge in [0.15, 0.2) is 0 Å². The largest absolute Gasteiger partial charge is 0.244 e. The maximum atomic E-state index is 3.73.